The standard InChI is InChI=1S/C23H28N2O2/c1-18-9-5-6-12-20(18)13-7-15-22(26)25-16-8-14-21(25)23(27)24-17-19-10-3-2-4-11-19/h2-6,9-12,21H,7-8,13-17H2,1H3,(H,24,27). The fourth-order valence-electron chi connectivity index (χ4n) is 3.70. The van der Waals surface area contributed by atoms with Crippen molar-refractivity contribution in [3.8, 4) is 0 Å². The molecule has 0 spiro atoms. The van der Waals surface area contributed by atoms with Crippen LogP contribution in [0.3, 0.4) is 0 Å². The van der Waals surface area contributed by atoms with Crippen LogP contribution in [0.1, 0.15) is 42.4 Å². The molecule has 1 N–H and O–H groups in total. The number of carbonyl (C=O) groups excluding carboxylic acids is 2. The maximum absolute atomic E-state index is 12.7. The van der Waals surface area contributed by atoms with Crippen molar-refractivity contribution < 1.29 is 9.59 Å². The Morgan fingerprint density at radius 2 is 1.81 bits per heavy atom. The van der Waals surface area contributed by atoms with Gasteiger partial charge in [0.15, 0.2) is 0 Å². The van der Waals surface area contributed by atoms with Gasteiger partial charge in [-0.3, -0.25) is 9.59 Å². The van der Waals surface area contributed by atoms with Crippen molar-refractivity contribution >= 4 is 11.8 Å². The van der Waals surface area contributed by atoms with E-state index < -0.39 is 0 Å². The van der Waals surface area contributed by atoms with Crippen LogP contribution in [-0.4, -0.2) is 29.3 Å². The Labute approximate surface area is 161 Å². The van der Waals surface area contributed by atoms with Crippen LogP contribution in [0.5, 0.6) is 0 Å². The van der Waals surface area contributed by atoms with Crippen molar-refractivity contribution in [3.63, 3.8) is 0 Å². The molecule has 1 fully saturated rings. The van der Waals surface area contributed by atoms with Crippen molar-refractivity contribution in [2.75, 3.05) is 6.54 Å². The number of benzene rings is 2. The second-order valence-corrected chi connectivity index (χ2v) is 7.23. The van der Waals surface area contributed by atoms with Crippen LogP contribution in [0.2, 0.25) is 0 Å². The van der Waals surface area contributed by atoms with Gasteiger partial charge in [0.25, 0.3) is 0 Å². The molecule has 1 aliphatic rings. The monoisotopic (exact) mass is 364 g/mol. The van der Waals surface area contributed by atoms with E-state index in [-0.39, 0.29) is 17.9 Å². The van der Waals surface area contributed by atoms with Gasteiger partial charge >= 0.3 is 0 Å². The van der Waals surface area contributed by atoms with Crippen molar-refractivity contribution in [3.05, 3.63) is 71.3 Å². The maximum atomic E-state index is 12.7. The highest BCUT2D eigenvalue weighted by Crippen LogP contribution is 2.20. The molecule has 0 radical (unpaired) electrons. The summed E-state index contributed by atoms with van der Waals surface area (Å²) in [6.45, 7) is 3.29. The van der Waals surface area contributed by atoms with Crippen LogP contribution < -0.4 is 5.32 Å². The fourth-order valence-corrected chi connectivity index (χ4v) is 3.70. The van der Waals surface area contributed by atoms with Gasteiger partial charge in [-0.05, 0) is 49.3 Å². The molecule has 1 aliphatic heterocycles. The summed E-state index contributed by atoms with van der Waals surface area (Å²) in [5, 5.41) is 2.98. The molecule has 0 bridgehead atoms. The molecule has 0 aliphatic carbocycles. The Hall–Kier alpha value is -2.62. The van der Waals surface area contributed by atoms with Crippen LogP contribution in [0, 0.1) is 6.92 Å². The third kappa shape index (κ3) is 5.19. The van der Waals surface area contributed by atoms with E-state index in [1.165, 1.54) is 11.1 Å². The second kappa shape index (κ2) is 9.36. The molecule has 1 saturated heterocycles. The van der Waals surface area contributed by atoms with E-state index in [1.807, 2.05) is 42.5 Å². The first kappa shape index (κ1) is 19.2. The zero-order valence-electron chi connectivity index (χ0n) is 16.0. The van der Waals surface area contributed by atoms with Gasteiger partial charge in [-0.25, -0.2) is 0 Å². The van der Waals surface area contributed by atoms with E-state index in [1.54, 1.807) is 4.90 Å². The number of carbonyl (C=O) groups is 2. The molecule has 0 aromatic heterocycles. The molecule has 3 rings (SSSR count). The summed E-state index contributed by atoms with van der Waals surface area (Å²) in [6, 6.07) is 17.8. The fraction of sp³-hybridized carbons (Fsp3) is 0.391. The number of likely N-dealkylation sites (tertiary alicyclic amines) is 1. The first-order valence-corrected chi connectivity index (χ1v) is 9.81. The van der Waals surface area contributed by atoms with Gasteiger partial charge in [0.1, 0.15) is 6.04 Å². The summed E-state index contributed by atoms with van der Waals surface area (Å²) in [5.41, 5.74) is 3.63. The third-order valence-corrected chi connectivity index (χ3v) is 5.28. The smallest absolute Gasteiger partial charge is 0.243 e. The molecule has 1 heterocycles. The minimum Gasteiger partial charge on any atom is -0.350 e. The molecule has 27 heavy (non-hydrogen) atoms. The molecule has 142 valence electrons. The molecule has 2 amide bonds. The normalized spacial score (nSPS) is 16.3. The van der Waals surface area contributed by atoms with Crippen molar-refractivity contribution in [1.29, 1.82) is 0 Å². The number of aryl methyl sites for hydroxylation is 2. The van der Waals surface area contributed by atoms with E-state index in [0.717, 1.165) is 31.2 Å². The summed E-state index contributed by atoms with van der Waals surface area (Å²) in [4.78, 5) is 27.0. The average Bonchev–Trinajstić information content (AvgIpc) is 3.18. The summed E-state index contributed by atoms with van der Waals surface area (Å²) >= 11 is 0. The molecular formula is C23H28N2O2. The Bertz CT molecular complexity index is 773. The molecule has 1 atom stereocenters. The minimum absolute atomic E-state index is 0.0383. The van der Waals surface area contributed by atoms with Gasteiger partial charge in [0, 0.05) is 19.5 Å². The molecule has 0 saturated carbocycles. The Balaban J connectivity index is 1.48. The lowest BCUT2D eigenvalue weighted by Crippen LogP contribution is -2.45. The minimum atomic E-state index is -0.320. The second-order valence-electron chi connectivity index (χ2n) is 7.23. The highest BCUT2D eigenvalue weighted by atomic mass is 16.2. The van der Waals surface area contributed by atoms with Gasteiger partial charge in [-0.1, -0.05) is 54.6 Å². The number of amides is 2. The first-order valence-electron chi connectivity index (χ1n) is 9.81. The maximum Gasteiger partial charge on any atom is 0.243 e. The van der Waals surface area contributed by atoms with Crippen LogP contribution in [0.4, 0.5) is 0 Å². The lowest BCUT2D eigenvalue weighted by Gasteiger charge is -2.24. The molecule has 1 unspecified atom stereocenters. The number of hydrogen-bond donors (Lipinski definition) is 1. The lowest BCUT2D eigenvalue weighted by atomic mass is 10.0. The van der Waals surface area contributed by atoms with Crippen LogP contribution in [-0.2, 0) is 22.6 Å². The molecule has 4 heteroatoms. The third-order valence-electron chi connectivity index (χ3n) is 5.28. The van der Waals surface area contributed by atoms with Crippen molar-refractivity contribution in [1.82, 2.24) is 10.2 Å². The lowest BCUT2D eigenvalue weighted by molar-refractivity contribution is -0.138. The molecule has 4 nitrogen and oxygen atoms in total. The summed E-state index contributed by atoms with van der Waals surface area (Å²) in [6.07, 6.45) is 3.86. The van der Waals surface area contributed by atoms with Crippen LogP contribution in [0.15, 0.2) is 54.6 Å². The van der Waals surface area contributed by atoms with E-state index in [4.69, 9.17) is 0 Å². The van der Waals surface area contributed by atoms with Gasteiger partial charge in [0.05, 0.1) is 0 Å². The number of nitrogens with zero attached hydrogens (tertiary/aromatic N) is 1. The van der Waals surface area contributed by atoms with Crippen LogP contribution >= 0.6 is 0 Å². The van der Waals surface area contributed by atoms with Crippen molar-refractivity contribution in [2.24, 2.45) is 0 Å². The average molecular weight is 364 g/mol. The number of rotatable bonds is 7. The first-order chi connectivity index (χ1) is 13.1. The summed E-state index contributed by atoms with van der Waals surface area (Å²) in [7, 11) is 0. The van der Waals surface area contributed by atoms with E-state index in [0.29, 0.717) is 19.5 Å². The van der Waals surface area contributed by atoms with Gasteiger partial charge in [-0.15, -0.1) is 0 Å². The zero-order chi connectivity index (χ0) is 19.1. The molecular weight excluding hydrogens is 336 g/mol. The molecule has 2 aromatic carbocycles. The van der Waals surface area contributed by atoms with Gasteiger partial charge in [-0.2, -0.15) is 0 Å². The number of nitrogens with one attached hydrogen (secondary N) is 1. The Morgan fingerprint density at radius 1 is 1.07 bits per heavy atom. The number of hydrogen-bond acceptors (Lipinski definition) is 2. The van der Waals surface area contributed by atoms with Gasteiger partial charge < -0.3 is 10.2 Å². The largest absolute Gasteiger partial charge is 0.350 e. The topological polar surface area (TPSA) is 49.4 Å². The predicted molar refractivity (Wildman–Crippen MR) is 107 cm³/mol. The Kier molecular flexibility index (Phi) is 6.64. The highest BCUT2D eigenvalue weighted by molar-refractivity contribution is 5.88. The molecule has 2 aromatic rings. The predicted octanol–water partition coefficient (Wildman–Crippen LogP) is 3.63. The summed E-state index contributed by atoms with van der Waals surface area (Å²) < 4.78 is 0. The quantitative estimate of drug-likeness (QED) is 0.816. The zero-order valence-corrected chi connectivity index (χ0v) is 16.0. The van der Waals surface area contributed by atoms with Gasteiger partial charge in [0.2, 0.25) is 11.8 Å². The highest BCUT2D eigenvalue weighted by Gasteiger charge is 2.33. The van der Waals surface area contributed by atoms with Crippen molar-refractivity contribution in [2.45, 2.75) is 51.6 Å². The van der Waals surface area contributed by atoms with E-state index >= 15 is 0 Å². The SMILES string of the molecule is Cc1ccccc1CCCC(=O)N1CCCC1C(=O)NCc1ccccc1. The summed E-state index contributed by atoms with van der Waals surface area (Å²) in [5.74, 6) is 0.0598. The van der Waals surface area contributed by atoms with E-state index in [9.17, 15) is 9.59 Å². The van der Waals surface area contributed by atoms with E-state index in [2.05, 4.69) is 24.4 Å². The Morgan fingerprint density at radius 3 is 2.59 bits per heavy atom. The van der Waals surface area contributed by atoms with Crippen LogP contribution in [0.25, 0.3) is 0 Å².